The Morgan fingerprint density at radius 2 is 1.83 bits per heavy atom. The summed E-state index contributed by atoms with van der Waals surface area (Å²) in [7, 11) is 0. The summed E-state index contributed by atoms with van der Waals surface area (Å²) in [5, 5.41) is 9.71. The Labute approximate surface area is 180 Å². The first-order valence-corrected chi connectivity index (χ1v) is 11.6. The van der Waals surface area contributed by atoms with E-state index in [-0.39, 0.29) is 11.6 Å². The number of hydrogen-bond donors (Lipinski definition) is 2. The summed E-state index contributed by atoms with van der Waals surface area (Å²) < 4.78 is 5.70. The molecule has 2 heterocycles. The molecule has 0 spiro atoms. The van der Waals surface area contributed by atoms with Crippen LogP contribution in [-0.4, -0.2) is 55.8 Å². The maximum Gasteiger partial charge on any atom is 0.191 e. The standard InChI is InChI=1S/C25H36N4O/c1-3-26-24(27-19-25(13-17-30-18-14-25)29-15-6-7-16-29)28-20(2)22-12-8-10-21-9-4-5-11-23(21)22/h4-5,8-12,20H,3,6-7,13-19H2,1-2H3,(H2,26,27,28). The molecule has 2 N–H and O–H groups in total. The normalized spacial score (nSPS) is 20.9. The average Bonchev–Trinajstić information content (AvgIpc) is 3.34. The van der Waals surface area contributed by atoms with Crippen molar-refractivity contribution >= 4 is 16.7 Å². The Balaban J connectivity index is 1.53. The van der Waals surface area contributed by atoms with E-state index in [1.807, 2.05) is 0 Å². The molecule has 2 aliphatic heterocycles. The molecule has 5 heteroatoms. The molecule has 2 aliphatic rings. The van der Waals surface area contributed by atoms with Gasteiger partial charge in [0.05, 0.1) is 12.6 Å². The molecule has 2 fully saturated rings. The predicted molar refractivity (Wildman–Crippen MR) is 125 cm³/mol. The molecule has 0 saturated carbocycles. The Morgan fingerprint density at radius 1 is 1.10 bits per heavy atom. The van der Waals surface area contributed by atoms with Gasteiger partial charge in [0.2, 0.25) is 0 Å². The van der Waals surface area contributed by atoms with Crippen LogP contribution in [0.3, 0.4) is 0 Å². The average molecular weight is 409 g/mol. The van der Waals surface area contributed by atoms with Gasteiger partial charge in [0.15, 0.2) is 5.96 Å². The molecule has 0 aromatic heterocycles. The highest BCUT2D eigenvalue weighted by Gasteiger charge is 2.39. The first-order chi connectivity index (χ1) is 14.7. The molecule has 2 aromatic carbocycles. The number of aliphatic imine (C=N–C) groups is 1. The Kier molecular flexibility index (Phi) is 6.90. The Hall–Kier alpha value is -2.11. The molecule has 0 aliphatic carbocycles. The van der Waals surface area contributed by atoms with Crippen molar-refractivity contribution in [1.82, 2.24) is 15.5 Å². The van der Waals surface area contributed by atoms with Gasteiger partial charge in [0.25, 0.3) is 0 Å². The predicted octanol–water partition coefficient (Wildman–Crippen LogP) is 4.10. The lowest BCUT2D eigenvalue weighted by Crippen LogP contribution is -2.54. The zero-order chi connectivity index (χ0) is 20.8. The van der Waals surface area contributed by atoms with Crippen LogP contribution in [0.1, 0.15) is 51.1 Å². The van der Waals surface area contributed by atoms with Gasteiger partial charge in [-0.1, -0.05) is 42.5 Å². The van der Waals surface area contributed by atoms with E-state index in [1.54, 1.807) is 0 Å². The highest BCUT2D eigenvalue weighted by Crippen LogP contribution is 2.32. The largest absolute Gasteiger partial charge is 0.381 e. The fourth-order valence-electron chi connectivity index (χ4n) is 4.97. The molecule has 5 nitrogen and oxygen atoms in total. The van der Waals surface area contributed by atoms with Crippen molar-refractivity contribution in [2.24, 2.45) is 4.99 Å². The van der Waals surface area contributed by atoms with Crippen molar-refractivity contribution in [2.45, 2.75) is 51.1 Å². The molecular formula is C25H36N4O. The van der Waals surface area contributed by atoms with Gasteiger partial charge < -0.3 is 15.4 Å². The van der Waals surface area contributed by atoms with Crippen LogP contribution >= 0.6 is 0 Å². The van der Waals surface area contributed by atoms with E-state index in [2.05, 4.69) is 71.8 Å². The number of rotatable bonds is 6. The number of nitrogens with zero attached hydrogens (tertiary/aromatic N) is 2. The lowest BCUT2D eigenvalue weighted by Gasteiger charge is -2.43. The summed E-state index contributed by atoms with van der Waals surface area (Å²) in [6.07, 6.45) is 4.77. The van der Waals surface area contributed by atoms with Crippen molar-refractivity contribution in [3.05, 3.63) is 48.0 Å². The molecule has 2 saturated heterocycles. The quantitative estimate of drug-likeness (QED) is 0.558. The zero-order valence-electron chi connectivity index (χ0n) is 18.5. The second-order valence-electron chi connectivity index (χ2n) is 8.66. The molecule has 1 atom stereocenters. The third kappa shape index (κ3) is 4.62. The number of likely N-dealkylation sites (tertiary alicyclic amines) is 1. The number of hydrogen-bond acceptors (Lipinski definition) is 3. The summed E-state index contributed by atoms with van der Waals surface area (Å²) >= 11 is 0. The monoisotopic (exact) mass is 408 g/mol. The van der Waals surface area contributed by atoms with E-state index in [1.165, 1.54) is 42.3 Å². The SMILES string of the molecule is CCNC(=NCC1(N2CCCC2)CCOCC1)NC(C)c1cccc2ccccc12. The van der Waals surface area contributed by atoms with Crippen LogP contribution in [0.5, 0.6) is 0 Å². The lowest BCUT2D eigenvalue weighted by atomic mass is 9.88. The van der Waals surface area contributed by atoms with Crippen LogP contribution in [0.15, 0.2) is 47.5 Å². The van der Waals surface area contributed by atoms with E-state index in [9.17, 15) is 0 Å². The first-order valence-electron chi connectivity index (χ1n) is 11.6. The fourth-order valence-corrected chi connectivity index (χ4v) is 4.97. The van der Waals surface area contributed by atoms with Gasteiger partial charge in [-0.2, -0.15) is 0 Å². The van der Waals surface area contributed by atoms with Gasteiger partial charge in [-0.05, 0) is 69.0 Å². The van der Waals surface area contributed by atoms with Gasteiger partial charge in [0.1, 0.15) is 0 Å². The number of guanidine groups is 1. The molecule has 4 rings (SSSR count). The van der Waals surface area contributed by atoms with Gasteiger partial charge >= 0.3 is 0 Å². The number of nitrogens with one attached hydrogen (secondary N) is 2. The van der Waals surface area contributed by atoms with Gasteiger partial charge in [-0.3, -0.25) is 9.89 Å². The molecule has 1 unspecified atom stereocenters. The van der Waals surface area contributed by atoms with Crippen LogP contribution < -0.4 is 10.6 Å². The second-order valence-corrected chi connectivity index (χ2v) is 8.66. The van der Waals surface area contributed by atoms with E-state index >= 15 is 0 Å². The van der Waals surface area contributed by atoms with Gasteiger partial charge in [-0.15, -0.1) is 0 Å². The number of benzene rings is 2. The van der Waals surface area contributed by atoms with E-state index < -0.39 is 0 Å². The van der Waals surface area contributed by atoms with E-state index in [4.69, 9.17) is 9.73 Å². The van der Waals surface area contributed by atoms with Crippen LogP contribution in [0.25, 0.3) is 10.8 Å². The summed E-state index contributed by atoms with van der Waals surface area (Å²) in [5.41, 5.74) is 1.46. The topological polar surface area (TPSA) is 48.9 Å². The maximum atomic E-state index is 5.70. The second kappa shape index (κ2) is 9.80. The van der Waals surface area contributed by atoms with Crippen LogP contribution in [0.4, 0.5) is 0 Å². The molecule has 30 heavy (non-hydrogen) atoms. The molecular weight excluding hydrogens is 372 g/mol. The third-order valence-electron chi connectivity index (χ3n) is 6.72. The molecule has 0 amide bonds. The van der Waals surface area contributed by atoms with Crippen LogP contribution in [0.2, 0.25) is 0 Å². The molecule has 0 radical (unpaired) electrons. The molecule has 0 bridgehead atoms. The van der Waals surface area contributed by atoms with E-state index in [0.717, 1.165) is 45.1 Å². The van der Waals surface area contributed by atoms with Crippen LogP contribution in [0, 0.1) is 0 Å². The minimum absolute atomic E-state index is 0.153. The summed E-state index contributed by atoms with van der Waals surface area (Å²) in [6, 6.07) is 15.3. The Morgan fingerprint density at radius 3 is 2.60 bits per heavy atom. The third-order valence-corrected chi connectivity index (χ3v) is 6.72. The molecule has 2 aromatic rings. The zero-order valence-corrected chi connectivity index (χ0v) is 18.5. The molecule has 162 valence electrons. The lowest BCUT2D eigenvalue weighted by molar-refractivity contribution is -0.0139. The van der Waals surface area contributed by atoms with Crippen molar-refractivity contribution < 1.29 is 4.74 Å². The number of fused-ring (bicyclic) bond motifs is 1. The first kappa shape index (κ1) is 21.1. The smallest absolute Gasteiger partial charge is 0.191 e. The summed E-state index contributed by atoms with van der Waals surface area (Å²) in [4.78, 5) is 7.77. The summed E-state index contributed by atoms with van der Waals surface area (Å²) in [6.45, 7) is 10.1. The highest BCUT2D eigenvalue weighted by atomic mass is 16.5. The fraction of sp³-hybridized carbons (Fsp3) is 0.560. The van der Waals surface area contributed by atoms with Crippen molar-refractivity contribution in [1.29, 1.82) is 0 Å². The minimum Gasteiger partial charge on any atom is -0.381 e. The van der Waals surface area contributed by atoms with Crippen LogP contribution in [-0.2, 0) is 4.74 Å². The summed E-state index contributed by atoms with van der Waals surface area (Å²) in [5.74, 6) is 0.906. The Bertz CT molecular complexity index is 848. The number of ether oxygens (including phenoxy) is 1. The van der Waals surface area contributed by atoms with Gasteiger partial charge in [-0.25, -0.2) is 0 Å². The van der Waals surface area contributed by atoms with Gasteiger partial charge in [0, 0.05) is 25.3 Å². The highest BCUT2D eigenvalue weighted by molar-refractivity contribution is 5.87. The van der Waals surface area contributed by atoms with Crippen molar-refractivity contribution in [3.8, 4) is 0 Å². The van der Waals surface area contributed by atoms with Crippen molar-refractivity contribution in [2.75, 3.05) is 39.4 Å². The van der Waals surface area contributed by atoms with Crippen molar-refractivity contribution in [3.63, 3.8) is 0 Å². The van der Waals surface area contributed by atoms with E-state index in [0.29, 0.717) is 0 Å². The minimum atomic E-state index is 0.153. The maximum absolute atomic E-state index is 5.70.